The number of carbonyl (C=O) groups excluding carboxylic acids is 2. The molecule has 1 saturated carbocycles. The molecule has 244 valence electrons. The topological polar surface area (TPSA) is 106 Å². The number of hydrogen-bond donors (Lipinski definition) is 3. The lowest BCUT2D eigenvalue weighted by Gasteiger charge is -2.48. The van der Waals surface area contributed by atoms with Gasteiger partial charge in [-0.25, -0.2) is 9.40 Å². The summed E-state index contributed by atoms with van der Waals surface area (Å²) in [4.78, 5) is 30.7. The Labute approximate surface area is 255 Å². The number of benzene rings is 2. The van der Waals surface area contributed by atoms with Gasteiger partial charge in [-0.1, -0.05) is 25.0 Å². The van der Waals surface area contributed by atoms with E-state index in [1.165, 1.54) is 12.1 Å². The molecule has 2 amide bonds. The number of likely N-dealkylation sites (N-methyl/N-ethyl adjacent to an activating group) is 1. The largest absolute Gasteiger partial charge is 0.509 e. The molecule has 1 fully saturated rings. The summed E-state index contributed by atoms with van der Waals surface area (Å²) in [7, 11) is 1.41. The number of carbonyl (C=O) groups is 2. The van der Waals surface area contributed by atoms with Gasteiger partial charge in [-0.2, -0.15) is 30.7 Å². The minimum Gasteiger partial charge on any atom is -0.509 e. The van der Waals surface area contributed by atoms with E-state index in [0.717, 1.165) is 29.3 Å². The number of anilines is 1. The van der Waals surface area contributed by atoms with Gasteiger partial charge in [0.2, 0.25) is 5.82 Å². The van der Waals surface area contributed by atoms with Crippen LogP contribution in [0.1, 0.15) is 42.5 Å². The fourth-order valence-electron chi connectivity index (χ4n) is 5.72. The van der Waals surface area contributed by atoms with Crippen LogP contribution in [-0.4, -0.2) is 49.6 Å². The SMILES string of the molecule is CN1N(Cc2ccc(O)c(F)c2F)C(=O)C(C(=O)Nc2ccc(C(F)(F)F)cc2-c2ccc(C(F)(F)F)nc2)=C(O)C12CCCC2. The summed E-state index contributed by atoms with van der Waals surface area (Å²) < 4.78 is 109. The molecule has 16 heteroatoms. The summed E-state index contributed by atoms with van der Waals surface area (Å²) >= 11 is 0. The first-order valence-corrected chi connectivity index (χ1v) is 13.7. The highest BCUT2D eigenvalue weighted by Gasteiger charge is 2.53. The van der Waals surface area contributed by atoms with Crippen molar-refractivity contribution in [2.75, 3.05) is 12.4 Å². The Hall–Kier alpha value is -4.73. The summed E-state index contributed by atoms with van der Waals surface area (Å²) in [5.41, 5.74) is -6.01. The first-order valence-electron chi connectivity index (χ1n) is 13.7. The lowest BCUT2D eigenvalue weighted by atomic mass is 9.88. The molecule has 0 atom stereocenters. The van der Waals surface area contributed by atoms with Crippen LogP contribution in [0.4, 0.5) is 40.8 Å². The Kier molecular flexibility index (Phi) is 8.21. The van der Waals surface area contributed by atoms with Gasteiger partial charge >= 0.3 is 12.4 Å². The molecule has 0 bridgehead atoms. The molecule has 5 rings (SSSR count). The van der Waals surface area contributed by atoms with Crippen molar-refractivity contribution in [3.8, 4) is 16.9 Å². The number of phenolic OH excluding ortho intramolecular Hbond substituents is 1. The third-order valence-electron chi connectivity index (χ3n) is 8.19. The smallest absolute Gasteiger partial charge is 0.433 e. The third kappa shape index (κ3) is 5.72. The van der Waals surface area contributed by atoms with Crippen molar-refractivity contribution in [1.29, 1.82) is 0 Å². The van der Waals surface area contributed by atoms with E-state index in [0.29, 0.717) is 37.2 Å². The molecular formula is C30H24F8N4O4. The van der Waals surface area contributed by atoms with E-state index in [1.54, 1.807) is 0 Å². The van der Waals surface area contributed by atoms with Gasteiger partial charge in [-0.15, -0.1) is 0 Å². The highest BCUT2D eigenvalue weighted by molar-refractivity contribution is 6.24. The number of rotatable bonds is 5. The second-order valence-electron chi connectivity index (χ2n) is 10.9. The van der Waals surface area contributed by atoms with E-state index in [-0.39, 0.29) is 35.2 Å². The van der Waals surface area contributed by atoms with Gasteiger partial charge in [0.1, 0.15) is 17.0 Å². The maximum absolute atomic E-state index is 14.7. The number of pyridine rings is 1. The van der Waals surface area contributed by atoms with Gasteiger partial charge < -0.3 is 15.5 Å². The normalized spacial score (nSPS) is 17.2. The molecule has 3 N–H and O–H groups in total. The summed E-state index contributed by atoms with van der Waals surface area (Å²) in [6.45, 7) is -0.632. The summed E-state index contributed by atoms with van der Waals surface area (Å²) in [5.74, 6) is -7.07. The van der Waals surface area contributed by atoms with Crippen LogP contribution < -0.4 is 5.32 Å². The highest BCUT2D eigenvalue weighted by Crippen LogP contribution is 2.45. The molecule has 2 aliphatic rings. The maximum atomic E-state index is 14.7. The molecular weight excluding hydrogens is 632 g/mol. The van der Waals surface area contributed by atoms with Crippen molar-refractivity contribution < 1.29 is 54.9 Å². The van der Waals surface area contributed by atoms with Crippen molar-refractivity contribution >= 4 is 17.5 Å². The molecule has 0 unspecified atom stereocenters. The van der Waals surface area contributed by atoms with Crippen molar-refractivity contribution in [3.05, 3.63) is 88.4 Å². The molecule has 0 saturated heterocycles. The lowest BCUT2D eigenvalue weighted by Crippen LogP contribution is -2.62. The van der Waals surface area contributed by atoms with Crippen molar-refractivity contribution in [2.45, 2.75) is 50.1 Å². The maximum Gasteiger partial charge on any atom is 0.433 e. The average molecular weight is 657 g/mol. The van der Waals surface area contributed by atoms with Crippen molar-refractivity contribution in [2.24, 2.45) is 0 Å². The first-order chi connectivity index (χ1) is 21.5. The van der Waals surface area contributed by atoms with Gasteiger partial charge in [0.15, 0.2) is 11.6 Å². The number of aromatic hydroxyl groups is 1. The molecule has 2 heterocycles. The molecule has 0 radical (unpaired) electrons. The Bertz CT molecular complexity index is 1730. The fraction of sp³-hybridized carbons (Fsp3) is 0.300. The lowest BCUT2D eigenvalue weighted by molar-refractivity contribution is -0.163. The fourth-order valence-corrected chi connectivity index (χ4v) is 5.72. The van der Waals surface area contributed by atoms with Gasteiger partial charge in [-0.3, -0.25) is 19.6 Å². The van der Waals surface area contributed by atoms with Gasteiger partial charge in [0.25, 0.3) is 11.8 Å². The van der Waals surface area contributed by atoms with Crippen molar-refractivity contribution in [1.82, 2.24) is 15.0 Å². The summed E-state index contributed by atoms with van der Waals surface area (Å²) in [5, 5.41) is 25.4. The summed E-state index contributed by atoms with van der Waals surface area (Å²) in [6, 6.07) is 5.33. The number of hydrogen-bond acceptors (Lipinski definition) is 6. The zero-order valence-corrected chi connectivity index (χ0v) is 23.7. The Morgan fingerprint density at radius 3 is 2.22 bits per heavy atom. The number of amides is 2. The minimum atomic E-state index is -4.88. The number of aliphatic hydroxyl groups is 1. The van der Waals surface area contributed by atoms with E-state index in [2.05, 4.69) is 10.3 Å². The summed E-state index contributed by atoms with van der Waals surface area (Å²) in [6.07, 6.45) is -7.45. The minimum absolute atomic E-state index is 0.235. The second kappa shape index (κ2) is 11.6. The van der Waals surface area contributed by atoms with Crippen molar-refractivity contribution in [3.63, 3.8) is 0 Å². The molecule has 1 aliphatic heterocycles. The average Bonchev–Trinajstić information content (AvgIpc) is 3.49. The number of nitrogens with zero attached hydrogens (tertiary/aromatic N) is 3. The van der Waals surface area contributed by atoms with E-state index >= 15 is 0 Å². The zero-order chi connectivity index (χ0) is 33.8. The van der Waals surface area contributed by atoms with Gasteiger partial charge in [0, 0.05) is 35.6 Å². The molecule has 1 spiro atoms. The first kappa shape index (κ1) is 32.7. The van der Waals surface area contributed by atoms with Crippen LogP contribution >= 0.6 is 0 Å². The molecule has 3 aromatic rings. The second-order valence-corrected chi connectivity index (χ2v) is 10.9. The third-order valence-corrected chi connectivity index (χ3v) is 8.19. The van der Waals surface area contributed by atoms with Gasteiger partial charge in [-0.05, 0) is 43.2 Å². The van der Waals surface area contributed by atoms with Crippen LogP contribution in [0.15, 0.2) is 60.0 Å². The van der Waals surface area contributed by atoms with Crippen LogP contribution in [0.2, 0.25) is 0 Å². The highest BCUT2D eigenvalue weighted by atomic mass is 19.4. The number of alkyl halides is 6. The monoisotopic (exact) mass is 656 g/mol. The van der Waals surface area contributed by atoms with Crippen LogP contribution in [0.25, 0.3) is 11.1 Å². The van der Waals surface area contributed by atoms with Gasteiger partial charge in [0.05, 0.1) is 17.6 Å². The number of halogens is 8. The van der Waals surface area contributed by atoms with Crippen LogP contribution in [0.3, 0.4) is 0 Å². The molecule has 1 aromatic heterocycles. The predicted octanol–water partition coefficient (Wildman–Crippen LogP) is 6.72. The molecule has 2 aromatic carbocycles. The standard InChI is InChI=1S/C30H24F8N4O4/c1-41-28(10-2-3-11-28)25(44)22(27(46)42(41)14-16-4-8-20(43)24(32)23(16)31)26(45)40-19-7-6-17(29(33,34)35)12-18(19)15-5-9-21(39-13-15)30(36,37)38/h4-9,12-13,43-44H,2-3,10-11,14H2,1H3,(H,40,45). The predicted molar refractivity (Wildman–Crippen MR) is 145 cm³/mol. The number of aliphatic hydroxyl groups excluding tert-OH is 1. The molecule has 1 aliphatic carbocycles. The number of nitrogens with one attached hydrogen (secondary N) is 1. The van der Waals surface area contributed by atoms with E-state index in [9.17, 15) is 54.9 Å². The number of hydrazine groups is 1. The molecule has 8 nitrogen and oxygen atoms in total. The van der Waals surface area contributed by atoms with Crippen LogP contribution in [0, 0.1) is 11.6 Å². The van der Waals surface area contributed by atoms with E-state index in [4.69, 9.17) is 0 Å². The molecule has 46 heavy (non-hydrogen) atoms. The Balaban J connectivity index is 1.56. The van der Waals surface area contributed by atoms with E-state index < -0.39 is 76.2 Å². The Morgan fingerprint density at radius 2 is 1.63 bits per heavy atom. The van der Waals surface area contributed by atoms with Crippen LogP contribution in [-0.2, 0) is 28.5 Å². The number of phenols is 1. The quantitative estimate of drug-likeness (QED) is 0.208. The van der Waals surface area contributed by atoms with E-state index in [1.807, 2.05) is 0 Å². The Morgan fingerprint density at radius 1 is 0.957 bits per heavy atom. The van der Waals surface area contributed by atoms with Crippen LogP contribution in [0.5, 0.6) is 5.75 Å². The zero-order valence-electron chi connectivity index (χ0n) is 23.7. The number of aromatic nitrogens is 1.